The molecule has 0 saturated carbocycles. The van der Waals surface area contributed by atoms with Crippen molar-refractivity contribution in [1.82, 2.24) is 0 Å². The molecule has 0 heterocycles. The molecule has 0 aromatic heterocycles. The van der Waals surface area contributed by atoms with Gasteiger partial charge in [0.05, 0.1) is 0 Å². The Kier molecular flexibility index (Phi) is 63.1. The number of ether oxygens (including phenoxy) is 3. The number of rotatable bonds is 63. The standard InChI is InChI=1S/C70H130O6/c1-4-7-10-13-16-19-22-25-28-30-31-32-33-34-35-36-37-38-39-40-43-45-48-51-54-57-60-63-69(72)75-66-67(65-74-68(71)62-59-56-53-50-47-44-41-27-24-21-18-15-12-9-6-3)76-70(73)64-61-58-55-52-49-46-42-29-26-23-20-17-14-11-8-5-2/h18,21,27,30-31,41,67H,4-17,19-20,22-26,28-29,32-40,42-66H2,1-3H3/b21-18-,31-30-,41-27-. The largest absolute Gasteiger partial charge is 0.462 e. The third kappa shape index (κ3) is 62.5. The topological polar surface area (TPSA) is 78.9 Å². The summed E-state index contributed by atoms with van der Waals surface area (Å²) in [5.74, 6) is -0.859. The van der Waals surface area contributed by atoms with Gasteiger partial charge in [-0.25, -0.2) is 0 Å². The summed E-state index contributed by atoms with van der Waals surface area (Å²) in [6.45, 7) is 6.67. The molecule has 0 saturated heterocycles. The number of hydrogen-bond donors (Lipinski definition) is 0. The Hall–Kier alpha value is -2.37. The summed E-state index contributed by atoms with van der Waals surface area (Å²) in [5.41, 5.74) is 0. The van der Waals surface area contributed by atoms with Crippen LogP contribution in [-0.2, 0) is 28.6 Å². The minimum Gasteiger partial charge on any atom is -0.462 e. The van der Waals surface area contributed by atoms with Crippen LogP contribution in [0.4, 0.5) is 0 Å². The van der Waals surface area contributed by atoms with Gasteiger partial charge in [-0.1, -0.05) is 314 Å². The highest BCUT2D eigenvalue weighted by Gasteiger charge is 2.19. The molecule has 0 spiro atoms. The summed E-state index contributed by atoms with van der Waals surface area (Å²) in [6.07, 6.45) is 80.2. The number of allylic oxidation sites excluding steroid dienone is 6. The highest BCUT2D eigenvalue weighted by Crippen LogP contribution is 2.18. The molecule has 0 fully saturated rings. The third-order valence-electron chi connectivity index (χ3n) is 15.4. The van der Waals surface area contributed by atoms with Crippen molar-refractivity contribution in [2.45, 2.75) is 380 Å². The fraction of sp³-hybridized carbons (Fsp3) is 0.871. The monoisotopic (exact) mass is 1070 g/mol. The Morgan fingerprint density at radius 1 is 0.263 bits per heavy atom. The third-order valence-corrected chi connectivity index (χ3v) is 15.4. The fourth-order valence-corrected chi connectivity index (χ4v) is 10.2. The van der Waals surface area contributed by atoms with E-state index in [-0.39, 0.29) is 31.1 Å². The van der Waals surface area contributed by atoms with E-state index in [0.29, 0.717) is 19.3 Å². The number of carbonyl (C=O) groups is 3. The highest BCUT2D eigenvalue weighted by molar-refractivity contribution is 5.71. The minimum absolute atomic E-state index is 0.0716. The lowest BCUT2D eigenvalue weighted by atomic mass is 10.0. The number of esters is 3. The van der Waals surface area contributed by atoms with E-state index < -0.39 is 6.10 Å². The smallest absolute Gasteiger partial charge is 0.306 e. The van der Waals surface area contributed by atoms with Crippen LogP contribution in [0.3, 0.4) is 0 Å². The molecular weight excluding hydrogens is 937 g/mol. The number of unbranched alkanes of at least 4 members (excludes halogenated alkanes) is 46. The lowest BCUT2D eigenvalue weighted by Gasteiger charge is -2.18. The Morgan fingerprint density at radius 2 is 0.474 bits per heavy atom. The summed E-state index contributed by atoms with van der Waals surface area (Å²) in [6, 6.07) is 0. The zero-order valence-corrected chi connectivity index (χ0v) is 51.3. The highest BCUT2D eigenvalue weighted by atomic mass is 16.6. The van der Waals surface area contributed by atoms with E-state index in [1.54, 1.807) is 0 Å². The second-order valence-electron chi connectivity index (χ2n) is 23.1. The van der Waals surface area contributed by atoms with Crippen LogP contribution in [0.25, 0.3) is 0 Å². The number of carbonyl (C=O) groups excluding carboxylic acids is 3. The van der Waals surface area contributed by atoms with Gasteiger partial charge in [0.15, 0.2) is 6.10 Å². The summed E-state index contributed by atoms with van der Waals surface area (Å²) >= 11 is 0. The van der Waals surface area contributed by atoms with E-state index in [9.17, 15) is 14.4 Å². The predicted octanol–water partition coefficient (Wildman–Crippen LogP) is 23.2. The van der Waals surface area contributed by atoms with E-state index in [1.165, 1.54) is 257 Å². The maximum absolute atomic E-state index is 12.9. The predicted molar refractivity (Wildman–Crippen MR) is 330 cm³/mol. The molecule has 0 N–H and O–H groups in total. The van der Waals surface area contributed by atoms with E-state index in [2.05, 4.69) is 57.2 Å². The first-order valence-corrected chi connectivity index (χ1v) is 34.0. The molecule has 0 aromatic carbocycles. The van der Waals surface area contributed by atoms with Gasteiger partial charge in [0, 0.05) is 19.3 Å². The molecule has 0 aromatic rings. The Balaban J connectivity index is 4.23. The number of hydrogen-bond acceptors (Lipinski definition) is 6. The van der Waals surface area contributed by atoms with Crippen molar-refractivity contribution < 1.29 is 28.6 Å². The molecule has 0 bridgehead atoms. The van der Waals surface area contributed by atoms with E-state index in [1.807, 2.05) is 0 Å². The van der Waals surface area contributed by atoms with Crippen LogP contribution in [0.2, 0.25) is 0 Å². The van der Waals surface area contributed by atoms with Crippen LogP contribution in [-0.4, -0.2) is 37.2 Å². The Bertz CT molecular complexity index is 1270. The summed E-state index contributed by atoms with van der Waals surface area (Å²) < 4.78 is 17.0. The molecule has 0 aliphatic heterocycles. The molecule has 6 heteroatoms. The van der Waals surface area contributed by atoms with E-state index in [0.717, 1.165) is 77.0 Å². The average molecular weight is 1070 g/mol. The van der Waals surface area contributed by atoms with Crippen LogP contribution < -0.4 is 0 Å². The maximum atomic E-state index is 12.9. The molecule has 6 nitrogen and oxygen atoms in total. The summed E-state index contributed by atoms with van der Waals surface area (Å²) in [5, 5.41) is 0. The van der Waals surface area contributed by atoms with Crippen LogP contribution in [0.1, 0.15) is 374 Å². The Labute approximate surface area is 474 Å². The van der Waals surface area contributed by atoms with Crippen molar-refractivity contribution in [2.75, 3.05) is 13.2 Å². The van der Waals surface area contributed by atoms with Crippen molar-refractivity contribution >= 4 is 17.9 Å². The van der Waals surface area contributed by atoms with Crippen molar-refractivity contribution in [3.8, 4) is 0 Å². The van der Waals surface area contributed by atoms with E-state index >= 15 is 0 Å². The lowest BCUT2D eigenvalue weighted by Crippen LogP contribution is -2.30. The van der Waals surface area contributed by atoms with Crippen molar-refractivity contribution in [3.63, 3.8) is 0 Å². The molecule has 1 atom stereocenters. The normalized spacial score (nSPS) is 12.2. The molecular formula is C70H130O6. The van der Waals surface area contributed by atoms with Crippen molar-refractivity contribution in [3.05, 3.63) is 36.5 Å². The van der Waals surface area contributed by atoms with Gasteiger partial charge in [-0.2, -0.15) is 0 Å². The van der Waals surface area contributed by atoms with Crippen LogP contribution >= 0.6 is 0 Å². The van der Waals surface area contributed by atoms with Gasteiger partial charge < -0.3 is 14.2 Å². The molecule has 76 heavy (non-hydrogen) atoms. The Morgan fingerprint density at radius 3 is 0.763 bits per heavy atom. The second-order valence-corrected chi connectivity index (χ2v) is 23.1. The molecule has 1 unspecified atom stereocenters. The van der Waals surface area contributed by atoms with Crippen molar-refractivity contribution in [2.24, 2.45) is 0 Å². The molecule has 0 aliphatic rings. The minimum atomic E-state index is -0.775. The average Bonchev–Trinajstić information content (AvgIpc) is 3.42. The first kappa shape index (κ1) is 73.6. The zero-order chi connectivity index (χ0) is 55.0. The molecule has 446 valence electrons. The van der Waals surface area contributed by atoms with Crippen molar-refractivity contribution in [1.29, 1.82) is 0 Å². The van der Waals surface area contributed by atoms with Crippen LogP contribution in [0, 0.1) is 0 Å². The maximum Gasteiger partial charge on any atom is 0.306 e. The summed E-state index contributed by atoms with van der Waals surface area (Å²) in [4.78, 5) is 38.3. The first-order valence-electron chi connectivity index (χ1n) is 34.0. The molecule has 0 radical (unpaired) electrons. The molecule has 0 aliphatic carbocycles. The van der Waals surface area contributed by atoms with Crippen LogP contribution in [0.5, 0.6) is 0 Å². The van der Waals surface area contributed by atoms with Gasteiger partial charge >= 0.3 is 17.9 Å². The van der Waals surface area contributed by atoms with Gasteiger partial charge in [-0.05, 0) is 77.0 Å². The van der Waals surface area contributed by atoms with Gasteiger partial charge in [-0.3, -0.25) is 14.4 Å². The lowest BCUT2D eigenvalue weighted by molar-refractivity contribution is -0.167. The first-order chi connectivity index (χ1) is 37.5. The van der Waals surface area contributed by atoms with Gasteiger partial charge in [0.1, 0.15) is 13.2 Å². The second kappa shape index (κ2) is 65.2. The van der Waals surface area contributed by atoms with Gasteiger partial charge in [-0.15, -0.1) is 0 Å². The summed E-state index contributed by atoms with van der Waals surface area (Å²) in [7, 11) is 0. The zero-order valence-electron chi connectivity index (χ0n) is 51.3. The fourth-order valence-electron chi connectivity index (χ4n) is 10.2. The van der Waals surface area contributed by atoms with Gasteiger partial charge in [0.25, 0.3) is 0 Å². The SMILES string of the molecule is CCCCC/C=C\C/C=C\CCCCCCCC(=O)OCC(COC(=O)CCCCCCCCCCCCCCCCC/C=C\CCCCCCCCCC)OC(=O)CCCCCCCCCCCCCCCCCC. The van der Waals surface area contributed by atoms with E-state index in [4.69, 9.17) is 14.2 Å². The quantitative estimate of drug-likeness (QED) is 0.0261. The van der Waals surface area contributed by atoms with Gasteiger partial charge in [0.2, 0.25) is 0 Å². The molecule has 0 amide bonds. The molecule has 0 rings (SSSR count). The van der Waals surface area contributed by atoms with Crippen LogP contribution in [0.15, 0.2) is 36.5 Å².